The van der Waals surface area contributed by atoms with Gasteiger partial charge in [-0.1, -0.05) is 19.9 Å². The fraction of sp³-hybridized carbons (Fsp3) is 0.615. The number of alkyl halides is 1. The van der Waals surface area contributed by atoms with Crippen LogP contribution in [0.15, 0.2) is 23.8 Å². The van der Waals surface area contributed by atoms with E-state index in [-0.39, 0.29) is 11.7 Å². The van der Waals surface area contributed by atoms with Crippen LogP contribution in [0, 0.1) is 11.3 Å². The Balaban J connectivity index is 3.15. The van der Waals surface area contributed by atoms with Crippen molar-refractivity contribution in [3.63, 3.8) is 0 Å². The fourth-order valence-corrected chi connectivity index (χ4v) is 2.17. The first-order valence-corrected chi connectivity index (χ1v) is 5.56. The molecule has 0 aliphatic heterocycles. The van der Waals surface area contributed by atoms with Crippen molar-refractivity contribution in [2.45, 2.75) is 40.0 Å². The molecule has 16 heavy (non-hydrogen) atoms. The summed E-state index contributed by atoms with van der Waals surface area (Å²) < 4.78 is 13.5. The number of hydrogen-bond acceptors (Lipinski definition) is 2. The Hall–Kier alpha value is -0.960. The van der Waals surface area contributed by atoms with Crippen LogP contribution in [0.5, 0.6) is 0 Å². The van der Waals surface area contributed by atoms with Crippen LogP contribution in [0.25, 0.3) is 0 Å². The molecule has 0 bridgehead atoms. The number of ketones is 1. The number of hydrogen-bond donors (Lipinski definition) is 1. The third kappa shape index (κ3) is 2.24. The van der Waals surface area contributed by atoms with Crippen LogP contribution in [0.3, 0.4) is 0 Å². The van der Waals surface area contributed by atoms with Gasteiger partial charge in [0, 0.05) is 5.41 Å². The summed E-state index contributed by atoms with van der Waals surface area (Å²) >= 11 is 0. The highest BCUT2D eigenvalue weighted by Crippen LogP contribution is 2.42. The van der Waals surface area contributed by atoms with E-state index in [4.69, 9.17) is 0 Å². The molecular formula is C13H19FO2. The van der Waals surface area contributed by atoms with Crippen LogP contribution in [0.1, 0.15) is 27.7 Å². The average Bonchev–Trinajstić information content (AvgIpc) is 2.20. The number of carbonyl (C=O) groups excluding carboxylic acids is 1. The molecule has 1 aliphatic carbocycles. The summed E-state index contributed by atoms with van der Waals surface area (Å²) in [5.74, 6) is -0.323. The van der Waals surface area contributed by atoms with Crippen LogP contribution < -0.4 is 0 Å². The van der Waals surface area contributed by atoms with Crippen molar-refractivity contribution < 1.29 is 14.3 Å². The van der Waals surface area contributed by atoms with Crippen LogP contribution in [-0.2, 0) is 4.79 Å². The smallest absolute Gasteiger partial charge is 0.178 e. The summed E-state index contributed by atoms with van der Waals surface area (Å²) in [6.07, 6.45) is 2.78. The van der Waals surface area contributed by atoms with Crippen LogP contribution in [0.4, 0.5) is 4.39 Å². The zero-order valence-corrected chi connectivity index (χ0v) is 10.2. The second kappa shape index (κ2) is 4.50. The van der Waals surface area contributed by atoms with E-state index >= 15 is 0 Å². The van der Waals surface area contributed by atoms with Gasteiger partial charge in [-0.15, -0.1) is 0 Å². The van der Waals surface area contributed by atoms with E-state index < -0.39 is 17.7 Å². The van der Waals surface area contributed by atoms with Gasteiger partial charge in [-0.25, -0.2) is 4.39 Å². The molecule has 1 rings (SSSR count). The first-order chi connectivity index (χ1) is 7.29. The van der Waals surface area contributed by atoms with Gasteiger partial charge in [0.1, 0.15) is 6.17 Å². The SMILES string of the molecule is CC(F)C1=CC(=O)C=CC1(C)C(C)C(C)O. The zero-order valence-electron chi connectivity index (χ0n) is 10.2. The average molecular weight is 226 g/mol. The Morgan fingerprint density at radius 3 is 2.38 bits per heavy atom. The largest absolute Gasteiger partial charge is 0.393 e. The molecule has 0 aromatic carbocycles. The third-order valence-corrected chi connectivity index (χ3v) is 3.61. The molecule has 0 aromatic rings. The molecular weight excluding hydrogens is 207 g/mol. The monoisotopic (exact) mass is 226 g/mol. The predicted molar refractivity (Wildman–Crippen MR) is 61.8 cm³/mol. The Bertz CT molecular complexity index is 342. The molecule has 4 unspecified atom stereocenters. The molecule has 0 radical (unpaired) electrons. The molecule has 0 saturated heterocycles. The summed E-state index contributed by atoms with van der Waals surface area (Å²) in [4.78, 5) is 11.3. The van der Waals surface area contributed by atoms with E-state index in [0.717, 1.165) is 0 Å². The van der Waals surface area contributed by atoms with E-state index in [1.807, 2.05) is 13.8 Å². The van der Waals surface area contributed by atoms with Gasteiger partial charge in [-0.05, 0) is 37.5 Å². The molecule has 0 aromatic heterocycles. The number of allylic oxidation sites excluding steroid dienone is 4. The minimum Gasteiger partial charge on any atom is -0.393 e. The molecule has 2 nitrogen and oxygen atoms in total. The van der Waals surface area contributed by atoms with Crippen molar-refractivity contribution in [2.24, 2.45) is 11.3 Å². The molecule has 0 fully saturated rings. The molecule has 90 valence electrons. The zero-order chi connectivity index (χ0) is 12.5. The molecule has 1 N–H and O–H groups in total. The lowest BCUT2D eigenvalue weighted by Gasteiger charge is -2.39. The predicted octanol–water partition coefficient (Wildman–Crippen LogP) is 2.43. The van der Waals surface area contributed by atoms with Gasteiger partial charge >= 0.3 is 0 Å². The van der Waals surface area contributed by atoms with E-state index in [1.54, 1.807) is 13.0 Å². The minimum atomic E-state index is -1.18. The summed E-state index contributed by atoms with van der Waals surface area (Å²) in [7, 11) is 0. The summed E-state index contributed by atoms with van der Waals surface area (Å²) in [5, 5.41) is 9.64. The topological polar surface area (TPSA) is 37.3 Å². The van der Waals surface area contributed by atoms with Gasteiger partial charge in [0.15, 0.2) is 5.78 Å². The highest BCUT2D eigenvalue weighted by atomic mass is 19.1. The van der Waals surface area contributed by atoms with Crippen LogP contribution in [-0.4, -0.2) is 23.2 Å². The summed E-state index contributed by atoms with van der Waals surface area (Å²) in [6, 6.07) is 0. The second-order valence-corrected chi connectivity index (χ2v) is 4.76. The molecule has 0 heterocycles. The van der Waals surface area contributed by atoms with Gasteiger partial charge in [0.2, 0.25) is 0 Å². The minimum absolute atomic E-state index is 0.138. The van der Waals surface area contributed by atoms with Gasteiger partial charge in [-0.2, -0.15) is 0 Å². The van der Waals surface area contributed by atoms with Gasteiger partial charge in [0.25, 0.3) is 0 Å². The number of aliphatic hydroxyl groups excluding tert-OH is 1. The van der Waals surface area contributed by atoms with Crippen molar-refractivity contribution in [3.8, 4) is 0 Å². The second-order valence-electron chi connectivity index (χ2n) is 4.76. The Morgan fingerprint density at radius 1 is 1.38 bits per heavy atom. The first-order valence-electron chi connectivity index (χ1n) is 5.56. The lowest BCUT2D eigenvalue weighted by atomic mass is 9.66. The van der Waals surface area contributed by atoms with Gasteiger partial charge in [0.05, 0.1) is 6.10 Å². The summed E-state index contributed by atoms with van der Waals surface area (Å²) in [5.41, 5.74) is -0.135. The summed E-state index contributed by atoms with van der Waals surface area (Å²) in [6.45, 7) is 6.82. The standard InChI is InChI=1S/C13H19FO2/c1-8(10(3)15)13(4)6-5-11(16)7-12(13)9(2)14/h5-10,15H,1-4H3. The van der Waals surface area contributed by atoms with Crippen molar-refractivity contribution in [1.29, 1.82) is 0 Å². The lowest BCUT2D eigenvalue weighted by Crippen LogP contribution is -2.37. The van der Waals surface area contributed by atoms with Crippen molar-refractivity contribution in [1.82, 2.24) is 0 Å². The number of rotatable bonds is 3. The maximum atomic E-state index is 13.5. The van der Waals surface area contributed by atoms with E-state index in [1.165, 1.54) is 19.1 Å². The number of aliphatic hydroxyl groups is 1. The van der Waals surface area contributed by atoms with Gasteiger partial charge in [-0.3, -0.25) is 4.79 Å². The van der Waals surface area contributed by atoms with Crippen molar-refractivity contribution in [2.75, 3.05) is 0 Å². The third-order valence-electron chi connectivity index (χ3n) is 3.61. The molecule has 0 spiro atoms. The Labute approximate surface area is 95.9 Å². The van der Waals surface area contributed by atoms with Crippen LogP contribution >= 0.6 is 0 Å². The van der Waals surface area contributed by atoms with Gasteiger partial charge < -0.3 is 5.11 Å². The number of halogens is 1. The molecule has 0 saturated carbocycles. The quantitative estimate of drug-likeness (QED) is 0.802. The van der Waals surface area contributed by atoms with Crippen molar-refractivity contribution >= 4 is 5.78 Å². The van der Waals surface area contributed by atoms with E-state index in [2.05, 4.69) is 0 Å². The number of carbonyl (C=O) groups is 1. The fourth-order valence-electron chi connectivity index (χ4n) is 2.17. The van der Waals surface area contributed by atoms with E-state index in [9.17, 15) is 14.3 Å². The van der Waals surface area contributed by atoms with Crippen molar-refractivity contribution in [3.05, 3.63) is 23.8 Å². The highest BCUT2D eigenvalue weighted by molar-refractivity contribution is 6.01. The molecule has 3 heteroatoms. The Kier molecular flexibility index (Phi) is 3.68. The van der Waals surface area contributed by atoms with Crippen LogP contribution in [0.2, 0.25) is 0 Å². The highest BCUT2D eigenvalue weighted by Gasteiger charge is 2.39. The molecule has 0 amide bonds. The first kappa shape index (κ1) is 13.1. The van der Waals surface area contributed by atoms with E-state index in [0.29, 0.717) is 5.57 Å². The molecule has 1 aliphatic rings. The normalized spacial score (nSPS) is 30.9. The maximum Gasteiger partial charge on any atom is 0.178 e. The maximum absolute atomic E-state index is 13.5. The lowest BCUT2D eigenvalue weighted by molar-refractivity contribution is -0.110. The molecule has 4 atom stereocenters. The Morgan fingerprint density at radius 2 is 1.94 bits per heavy atom.